The molecule has 1 N–H and O–H groups in total. The number of fused-ring (bicyclic) bond motifs is 1. The van der Waals surface area contributed by atoms with Gasteiger partial charge in [-0.25, -0.2) is 0 Å². The Morgan fingerprint density at radius 3 is 2.50 bits per heavy atom. The zero-order chi connectivity index (χ0) is 19.2. The van der Waals surface area contributed by atoms with Gasteiger partial charge < -0.3 is 10.1 Å². The lowest BCUT2D eigenvalue weighted by Crippen LogP contribution is -2.38. The number of hydrogen-bond acceptors (Lipinski definition) is 2. The van der Waals surface area contributed by atoms with E-state index in [1.807, 2.05) is 18.2 Å². The summed E-state index contributed by atoms with van der Waals surface area (Å²) < 4.78 is 6.07. The molecule has 0 aromatic heterocycles. The molecule has 1 heterocycles. The molecule has 0 aliphatic carbocycles. The van der Waals surface area contributed by atoms with E-state index in [2.05, 4.69) is 66.0 Å². The lowest BCUT2D eigenvalue weighted by atomic mass is 9.69. The minimum atomic E-state index is -0.0812. The second-order valence-corrected chi connectivity index (χ2v) is 7.88. The third-order valence-electron chi connectivity index (χ3n) is 5.70. The molecule has 28 heavy (non-hydrogen) atoms. The van der Waals surface area contributed by atoms with Gasteiger partial charge >= 0.3 is 0 Å². The highest BCUT2D eigenvalue weighted by atomic mass is 35.5. The molecule has 144 valence electrons. The van der Waals surface area contributed by atoms with Gasteiger partial charge in [-0.15, -0.1) is 0 Å². The van der Waals surface area contributed by atoms with Crippen LogP contribution in [0.1, 0.15) is 35.1 Å². The van der Waals surface area contributed by atoms with Gasteiger partial charge in [-0.2, -0.15) is 0 Å². The maximum Gasteiger partial charge on any atom is 0.0720 e. The zero-order valence-corrected chi connectivity index (χ0v) is 16.8. The largest absolute Gasteiger partial charge is 0.375 e. The smallest absolute Gasteiger partial charge is 0.0720 e. The van der Waals surface area contributed by atoms with Crippen molar-refractivity contribution in [3.63, 3.8) is 0 Å². The molecule has 0 bridgehead atoms. The van der Waals surface area contributed by atoms with Gasteiger partial charge in [-0.3, -0.25) is 0 Å². The summed E-state index contributed by atoms with van der Waals surface area (Å²) in [6.45, 7) is 3.18. The van der Waals surface area contributed by atoms with Crippen molar-refractivity contribution < 1.29 is 4.74 Å². The van der Waals surface area contributed by atoms with Crippen LogP contribution in [0.3, 0.4) is 0 Å². The zero-order valence-electron chi connectivity index (χ0n) is 16.0. The first kappa shape index (κ1) is 19.2. The van der Waals surface area contributed by atoms with Gasteiger partial charge in [-0.05, 0) is 47.7 Å². The number of nitrogens with one attached hydrogen (secondary N) is 1. The predicted octanol–water partition coefficient (Wildman–Crippen LogP) is 5.73. The maximum atomic E-state index is 6.26. The molecule has 0 radical (unpaired) electrons. The molecular formula is C25H26ClNO. The van der Waals surface area contributed by atoms with Crippen LogP contribution in [0.25, 0.3) is 0 Å². The Balaban J connectivity index is 1.48. The number of rotatable bonds is 7. The molecule has 3 heteroatoms. The molecule has 1 atom stereocenters. The van der Waals surface area contributed by atoms with Crippen LogP contribution in [0.4, 0.5) is 0 Å². The Morgan fingerprint density at radius 2 is 1.64 bits per heavy atom. The second-order valence-electron chi connectivity index (χ2n) is 7.47. The quantitative estimate of drug-likeness (QED) is 0.519. The van der Waals surface area contributed by atoms with E-state index in [-0.39, 0.29) is 5.41 Å². The first-order valence-electron chi connectivity index (χ1n) is 9.95. The molecular weight excluding hydrogens is 366 g/mol. The van der Waals surface area contributed by atoms with Crippen molar-refractivity contribution in [1.82, 2.24) is 5.32 Å². The van der Waals surface area contributed by atoms with Gasteiger partial charge in [0.2, 0.25) is 0 Å². The Hall–Kier alpha value is -2.13. The first-order chi connectivity index (χ1) is 13.8. The third-order valence-corrected chi connectivity index (χ3v) is 6.06. The van der Waals surface area contributed by atoms with E-state index in [9.17, 15) is 0 Å². The SMILES string of the molecule is Clc1ccccc1CNCCCC1(c2ccccc2)COCc2ccccc21. The molecule has 0 saturated heterocycles. The molecule has 0 spiro atoms. The summed E-state index contributed by atoms with van der Waals surface area (Å²) in [4.78, 5) is 0. The highest BCUT2D eigenvalue weighted by Crippen LogP contribution is 2.41. The number of hydrogen-bond donors (Lipinski definition) is 1. The van der Waals surface area contributed by atoms with Gasteiger partial charge in [0.15, 0.2) is 0 Å². The van der Waals surface area contributed by atoms with Crippen LogP contribution in [-0.2, 0) is 23.3 Å². The lowest BCUT2D eigenvalue weighted by molar-refractivity contribution is 0.0613. The van der Waals surface area contributed by atoms with Crippen molar-refractivity contribution >= 4 is 11.6 Å². The van der Waals surface area contributed by atoms with Crippen molar-refractivity contribution in [2.24, 2.45) is 0 Å². The van der Waals surface area contributed by atoms with Gasteiger partial charge in [0, 0.05) is 17.0 Å². The Morgan fingerprint density at radius 1 is 0.893 bits per heavy atom. The van der Waals surface area contributed by atoms with E-state index in [0.717, 1.165) is 43.1 Å². The highest BCUT2D eigenvalue weighted by Gasteiger charge is 2.38. The average molecular weight is 392 g/mol. The highest BCUT2D eigenvalue weighted by molar-refractivity contribution is 6.31. The van der Waals surface area contributed by atoms with E-state index in [1.165, 1.54) is 16.7 Å². The Labute approximate surface area is 172 Å². The number of halogens is 1. The summed E-state index contributed by atoms with van der Waals surface area (Å²) in [5.74, 6) is 0. The van der Waals surface area contributed by atoms with Crippen molar-refractivity contribution in [1.29, 1.82) is 0 Å². The molecule has 1 unspecified atom stereocenters. The van der Waals surface area contributed by atoms with Crippen LogP contribution in [0.15, 0.2) is 78.9 Å². The predicted molar refractivity (Wildman–Crippen MR) is 116 cm³/mol. The summed E-state index contributed by atoms with van der Waals surface area (Å²) in [6, 6.07) is 27.6. The molecule has 0 fully saturated rings. The topological polar surface area (TPSA) is 21.3 Å². The summed E-state index contributed by atoms with van der Waals surface area (Å²) in [7, 11) is 0. The second kappa shape index (κ2) is 8.91. The molecule has 0 amide bonds. The fourth-order valence-corrected chi connectivity index (χ4v) is 4.46. The monoisotopic (exact) mass is 391 g/mol. The minimum Gasteiger partial charge on any atom is -0.375 e. The maximum absolute atomic E-state index is 6.26. The van der Waals surface area contributed by atoms with Gasteiger partial charge in [0.1, 0.15) is 0 Å². The Kier molecular flexibility index (Phi) is 6.11. The van der Waals surface area contributed by atoms with E-state index >= 15 is 0 Å². The normalized spacial score (nSPS) is 18.6. The van der Waals surface area contributed by atoms with E-state index in [1.54, 1.807) is 0 Å². The molecule has 2 nitrogen and oxygen atoms in total. The minimum absolute atomic E-state index is 0.0812. The van der Waals surface area contributed by atoms with E-state index < -0.39 is 0 Å². The van der Waals surface area contributed by atoms with Crippen molar-refractivity contribution in [2.75, 3.05) is 13.2 Å². The van der Waals surface area contributed by atoms with Crippen LogP contribution in [0.2, 0.25) is 5.02 Å². The first-order valence-corrected chi connectivity index (χ1v) is 10.3. The van der Waals surface area contributed by atoms with Gasteiger partial charge in [-0.1, -0.05) is 84.4 Å². The molecule has 1 aliphatic heterocycles. The van der Waals surface area contributed by atoms with Crippen molar-refractivity contribution in [2.45, 2.75) is 31.4 Å². The van der Waals surface area contributed by atoms with E-state index in [4.69, 9.17) is 16.3 Å². The number of benzene rings is 3. The van der Waals surface area contributed by atoms with Crippen LogP contribution in [0, 0.1) is 0 Å². The van der Waals surface area contributed by atoms with Crippen LogP contribution in [0.5, 0.6) is 0 Å². The van der Waals surface area contributed by atoms with Crippen molar-refractivity contribution in [3.8, 4) is 0 Å². The van der Waals surface area contributed by atoms with Gasteiger partial charge in [0.05, 0.1) is 13.2 Å². The van der Waals surface area contributed by atoms with Crippen LogP contribution >= 0.6 is 11.6 Å². The average Bonchev–Trinajstić information content (AvgIpc) is 2.75. The van der Waals surface area contributed by atoms with Crippen LogP contribution in [-0.4, -0.2) is 13.2 Å². The summed E-state index contributed by atoms with van der Waals surface area (Å²) in [5, 5.41) is 4.37. The fourth-order valence-electron chi connectivity index (χ4n) is 4.25. The number of ether oxygens (including phenoxy) is 1. The van der Waals surface area contributed by atoms with E-state index in [0.29, 0.717) is 6.61 Å². The molecule has 3 aromatic carbocycles. The summed E-state index contributed by atoms with van der Waals surface area (Å²) in [6.07, 6.45) is 2.11. The Bertz CT molecular complexity index is 911. The summed E-state index contributed by atoms with van der Waals surface area (Å²) >= 11 is 6.26. The molecule has 3 aromatic rings. The van der Waals surface area contributed by atoms with Crippen LogP contribution < -0.4 is 5.32 Å². The van der Waals surface area contributed by atoms with Crippen molar-refractivity contribution in [3.05, 3.63) is 106 Å². The lowest BCUT2D eigenvalue weighted by Gasteiger charge is -2.40. The molecule has 0 saturated carbocycles. The molecule has 1 aliphatic rings. The molecule has 4 rings (SSSR count). The third kappa shape index (κ3) is 4.00. The standard InChI is InChI=1S/C25H26ClNO/c26-24-14-7-5-9-20(24)17-27-16-8-15-25(22-11-2-1-3-12-22)19-28-18-21-10-4-6-13-23(21)25/h1-7,9-14,27H,8,15-19H2. The van der Waals surface area contributed by atoms with Gasteiger partial charge in [0.25, 0.3) is 0 Å². The summed E-state index contributed by atoms with van der Waals surface area (Å²) in [5.41, 5.74) is 5.13. The fraction of sp³-hybridized carbons (Fsp3) is 0.280.